The zero-order valence-electron chi connectivity index (χ0n) is 12.7. The molecular weight excluding hydrogens is 268 g/mol. The van der Waals surface area contributed by atoms with Crippen molar-refractivity contribution in [1.82, 2.24) is 4.90 Å². The van der Waals surface area contributed by atoms with Crippen molar-refractivity contribution in [1.29, 1.82) is 0 Å². The number of ether oxygens (including phenoxy) is 1. The number of oxime groups is 1. The molecule has 5 heteroatoms. The Bertz CT molecular complexity index is 520. The summed E-state index contributed by atoms with van der Waals surface area (Å²) in [5.74, 6) is 0.0508. The van der Waals surface area contributed by atoms with E-state index in [1.165, 1.54) is 0 Å². The van der Waals surface area contributed by atoms with Gasteiger partial charge in [-0.1, -0.05) is 35.5 Å². The smallest absolute Gasteiger partial charge is 0.410 e. The maximum Gasteiger partial charge on any atom is 0.410 e. The Kier molecular flexibility index (Phi) is 4.50. The summed E-state index contributed by atoms with van der Waals surface area (Å²) in [6.07, 6.45) is 0.359. The van der Waals surface area contributed by atoms with Crippen LogP contribution in [0.25, 0.3) is 0 Å². The van der Waals surface area contributed by atoms with E-state index < -0.39 is 5.60 Å². The lowest BCUT2D eigenvalue weighted by Gasteiger charge is -2.34. The van der Waals surface area contributed by atoms with Gasteiger partial charge in [-0.15, -0.1) is 0 Å². The first kappa shape index (κ1) is 15.4. The van der Waals surface area contributed by atoms with Gasteiger partial charge in [-0.05, 0) is 32.8 Å². The van der Waals surface area contributed by atoms with E-state index in [0.29, 0.717) is 18.8 Å². The van der Waals surface area contributed by atoms with Gasteiger partial charge in [0.25, 0.3) is 0 Å². The fraction of sp³-hybridized carbons (Fsp3) is 0.500. The van der Waals surface area contributed by atoms with E-state index in [4.69, 9.17) is 4.74 Å². The van der Waals surface area contributed by atoms with Gasteiger partial charge in [-0.3, -0.25) is 0 Å². The van der Waals surface area contributed by atoms with E-state index in [1.807, 2.05) is 51.1 Å². The summed E-state index contributed by atoms with van der Waals surface area (Å²) in [7, 11) is 0. The highest BCUT2D eigenvalue weighted by atomic mass is 16.6. The van der Waals surface area contributed by atoms with Crippen molar-refractivity contribution in [3.63, 3.8) is 0 Å². The molecule has 0 radical (unpaired) electrons. The summed E-state index contributed by atoms with van der Waals surface area (Å²) in [5.41, 5.74) is 1.18. The molecule has 1 heterocycles. The third-order valence-corrected chi connectivity index (χ3v) is 3.42. The Hall–Kier alpha value is -2.04. The average molecular weight is 290 g/mol. The summed E-state index contributed by atoms with van der Waals surface area (Å²) < 4.78 is 5.36. The Morgan fingerprint density at radius 1 is 1.33 bits per heavy atom. The number of benzene rings is 1. The number of rotatable bonds is 1. The summed E-state index contributed by atoms with van der Waals surface area (Å²) in [4.78, 5) is 13.7. The minimum Gasteiger partial charge on any atom is -0.444 e. The van der Waals surface area contributed by atoms with Crippen LogP contribution in [0.1, 0.15) is 38.7 Å². The molecular formula is C16H22N2O3. The summed E-state index contributed by atoms with van der Waals surface area (Å²) in [5, 5.41) is 12.7. The molecule has 1 aliphatic rings. The molecule has 1 aromatic rings. The highest BCUT2D eigenvalue weighted by Crippen LogP contribution is 2.27. The molecule has 0 spiro atoms. The van der Waals surface area contributed by atoms with Gasteiger partial charge < -0.3 is 14.8 Å². The van der Waals surface area contributed by atoms with E-state index in [0.717, 1.165) is 12.0 Å². The third-order valence-electron chi connectivity index (χ3n) is 3.42. The molecule has 1 saturated heterocycles. The van der Waals surface area contributed by atoms with Gasteiger partial charge >= 0.3 is 6.09 Å². The normalized spacial score (nSPS) is 21.4. The second kappa shape index (κ2) is 6.16. The van der Waals surface area contributed by atoms with Crippen molar-refractivity contribution >= 4 is 11.8 Å². The number of amides is 1. The molecule has 1 fully saturated rings. The monoisotopic (exact) mass is 290 g/mol. The average Bonchev–Trinajstić information content (AvgIpc) is 2.45. The van der Waals surface area contributed by atoms with Crippen molar-refractivity contribution in [2.24, 2.45) is 5.16 Å². The van der Waals surface area contributed by atoms with Crippen LogP contribution in [0.15, 0.2) is 35.5 Å². The van der Waals surface area contributed by atoms with Gasteiger partial charge in [-0.2, -0.15) is 0 Å². The molecule has 21 heavy (non-hydrogen) atoms. The number of carbonyl (C=O) groups excluding carboxylic acids is 1. The van der Waals surface area contributed by atoms with Crippen LogP contribution < -0.4 is 0 Å². The van der Waals surface area contributed by atoms with Crippen molar-refractivity contribution < 1.29 is 14.7 Å². The molecule has 5 nitrogen and oxygen atoms in total. The van der Waals surface area contributed by atoms with E-state index in [1.54, 1.807) is 4.90 Å². The predicted octanol–water partition coefficient (Wildman–Crippen LogP) is 3.24. The molecule has 0 saturated carbocycles. The molecule has 1 aliphatic heterocycles. The first-order chi connectivity index (χ1) is 9.90. The van der Waals surface area contributed by atoms with Crippen molar-refractivity contribution in [2.45, 2.75) is 38.7 Å². The van der Waals surface area contributed by atoms with E-state index >= 15 is 0 Å². The minimum atomic E-state index is -0.524. The van der Waals surface area contributed by atoms with E-state index in [9.17, 15) is 10.0 Å². The number of piperidine rings is 1. The molecule has 1 N–H and O–H groups in total. The minimum absolute atomic E-state index is 0.0508. The standard InChI is InChI=1S/C16H22N2O3/c1-16(2,3)21-15(19)18-10-9-13(14(11-18)17-20)12-7-5-4-6-8-12/h4-8,13,20H,9-11H2,1-3H3/b17-14-/t13-/m1/s1. The summed E-state index contributed by atoms with van der Waals surface area (Å²) >= 11 is 0. The summed E-state index contributed by atoms with van der Waals surface area (Å²) in [6.45, 7) is 6.40. The van der Waals surface area contributed by atoms with E-state index in [2.05, 4.69) is 5.16 Å². The number of carbonyl (C=O) groups is 1. The quantitative estimate of drug-likeness (QED) is 0.638. The van der Waals surface area contributed by atoms with Crippen molar-refractivity contribution in [3.05, 3.63) is 35.9 Å². The molecule has 1 atom stereocenters. The Morgan fingerprint density at radius 3 is 2.57 bits per heavy atom. The van der Waals surface area contributed by atoms with Crippen LogP contribution in [-0.2, 0) is 4.74 Å². The maximum absolute atomic E-state index is 12.1. The van der Waals surface area contributed by atoms with Crippen LogP contribution in [0, 0.1) is 0 Å². The Labute approximate surface area is 125 Å². The fourth-order valence-electron chi connectivity index (χ4n) is 2.46. The van der Waals surface area contributed by atoms with Gasteiger partial charge in [0, 0.05) is 12.5 Å². The SMILES string of the molecule is CC(C)(C)OC(=O)N1CC[C@H](c2ccccc2)/C(=N\O)C1. The molecule has 1 aromatic carbocycles. The highest BCUT2D eigenvalue weighted by molar-refractivity contribution is 5.95. The van der Waals surface area contributed by atoms with Gasteiger partial charge in [0.2, 0.25) is 0 Å². The van der Waals surface area contributed by atoms with Crippen LogP contribution >= 0.6 is 0 Å². The zero-order chi connectivity index (χ0) is 15.5. The van der Waals surface area contributed by atoms with Crippen LogP contribution in [-0.4, -0.2) is 40.6 Å². The van der Waals surface area contributed by atoms with Crippen molar-refractivity contribution in [3.8, 4) is 0 Å². The number of nitrogens with zero attached hydrogens (tertiary/aromatic N) is 2. The molecule has 0 aromatic heterocycles. The van der Waals surface area contributed by atoms with Crippen LogP contribution in [0.4, 0.5) is 4.79 Å². The fourth-order valence-corrected chi connectivity index (χ4v) is 2.46. The number of likely N-dealkylation sites (tertiary alicyclic amines) is 1. The van der Waals surface area contributed by atoms with Crippen molar-refractivity contribution in [2.75, 3.05) is 13.1 Å². The van der Waals surface area contributed by atoms with Gasteiger partial charge in [0.15, 0.2) is 0 Å². The molecule has 114 valence electrons. The lowest BCUT2D eigenvalue weighted by atomic mass is 9.88. The summed E-state index contributed by atoms with van der Waals surface area (Å²) in [6, 6.07) is 9.90. The first-order valence-corrected chi connectivity index (χ1v) is 7.14. The zero-order valence-corrected chi connectivity index (χ0v) is 12.7. The van der Waals surface area contributed by atoms with Crippen LogP contribution in [0.3, 0.4) is 0 Å². The molecule has 0 aliphatic carbocycles. The molecule has 1 amide bonds. The highest BCUT2D eigenvalue weighted by Gasteiger charge is 2.31. The number of hydrogen-bond acceptors (Lipinski definition) is 4. The van der Waals surface area contributed by atoms with Crippen LogP contribution in [0.5, 0.6) is 0 Å². The Morgan fingerprint density at radius 2 is 2.00 bits per heavy atom. The predicted molar refractivity (Wildman–Crippen MR) is 80.8 cm³/mol. The first-order valence-electron chi connectivity index (χ1n) is 7.14. The maximum atomic E-state index is 12.1. The largest absolute Gasteiger partial charge is 0.444 e. The topological polar surface area (TPSA) is 62.1 Å². The lowest BCUT2D eigenvalue weighted by Crippen LogP contribution is -2.45. The lowest BCUT2D eigenvalue weighted by molar-refractivity contribution is 0.0261. The van der Waals surface area contributed by atoms with Gasteiger partial charge in [0.1, 0.15) is 5.60 Å². The molecule has 0 bridgehead atoms. The second-order valence-electron chi connectivity index (χ2n) is 6.25. The second-order valence-corrected chi connectivity index (χ2v) is 6.25. The number of hydrogen-bond donors (Lipinski definition) is 1. The molecule has 0 unspecified atom stereocenters. The third kappa shape index (κ3) is 3.97. The molecule has 2 rings (SSSR count). The van der Waals surface area contributed by atoms with E-state index in [-0.39, 0.29) is 12.0 Å². The van der Waals surface area contributed by atoms with Gasteiger partial charge in [0.05, 0.1) is 12.3 Å². The van der Waals surface area contributed by atoms with Gasteiger partial charge in [-0.25, -0.2) is 4.79 Å². The Balaban J connectivity index is 2.07. The van der Waals surface area contributed by atoms with Crippen LogP contribution in [0.2, 0.25) is 0 Å².